The summed E-state index contributed by atoms with van der Waals surface area (Å²) in [6.07, 6.45) is 1.52. The fourth-order valence-corrected chi connectivity index (χ4v) is 2.75. The standard InChI is InChI=1S/C13H15NO3S/c1-11-4-2-5-12(8-11)10-18(15,16)14-9-13-6-3-7-17-13/h2-8,14H,9-10H2,1H3. The van der Waals surface area contributed by atoms with Crippen molar-refractivity contribution in [3.8, 4) is 0 Å². The monoisotopic (exact) mass is 265 g/mol. The number of nitrogens with one attached hydrogen (secondary N) is 1. The second kappa shape index (κ2) is 5.37. The molecule has 2 rings (SSSR count). The third kappa shape index (κ3) is 3.72. The summed E-state index contributed by atoms with van der Waals surface area (Å²) in [6.45, 7) is 2.12. The summed E-state index contributed by atoms with van der Waals surface area (Å²) in [4.78, 5) is 0. The van der Waals surface area contributed by atoms with Gasteiger partial charge in [0.15, 0.2) is 0 Å². The molecule has 4 nitrogen and oxygen atoms in total. The highest BCUT2D eigenvalue weighted by Gasteiger charge is 2.11. The van der Waals surface area contributed by atoms with Gasteiger partial charge in [-0.1, -0.05) is 29.8 Å². The minimum Gasteiger partial charge on any atom is -0.468 e. The van der Waals surface area contributed by atoms with Gasteiger partial charge in [-0.2, -0.15) is 0 Å². The second-order valence-electron chi connectivity index (χ2n) is 4.15. The third-order valence-corrected chi connectivity index (χ3v) is 3.78. The lowest BCUT2D eigenvalue weighted by Crippen LogP contribution is -2.24. The molecule has 0 amide bonds. The van der Waals surface area contributed by atoms with E-state index in [4.69, 9.17) is 4.42 Å². The van der Waals surface area contributed by atoms with Crippen LogP contribution in [0.4, 0.5) is 0 Å². The van der Waals surface area contributed by atoms with Crippen molar-refractivity contribution < 1.29 is 12.8 Å². The van der Waals surface area contributed by atoms with Crippen molar-refractivity contribution in [2.45, 2.75) is 19.2 Å². The highest BCUT2D eigenvalue weighted by atomic mass is 32.2. The summed E-state index contributed by atoms with van der Waals surface area (Å²) in [5.74, 6) is 0.581. The zero-order valence-corrected chi connectivity index (χ0v) is 10.9. The highest BCUT2D eigenvalue weighted by Crippen LogP contribution is 2.08. The van der Waals surface area contributed by atoms with Gasteiger partial charge in [0, 0.05) is 0 Å². The zero-order valence-electron chi connectivity index (χ0n) is 10.1. The molecule has 0 spiro atoms. The average molecular weight is 265 g/mol. The van der Waals surface area contributed by atoms with Gasteiger partial charge in [-0.3, -0.25) is 0 Å². The van der Waals surface area contributed by atoms with E-state index in [1.54, 1.807) is 18.2 Å². The van der Waals surface area contributed by atoms with Gasteiger partial charge in [0.2, 0.25) is 10.0 Å². The molecule has 0 aliphatic carbocycles. The number of hydrogen-bond donors (Lipinski definition) is 1. The Morgan fingerprint density at radius 2 is 2.06 bits per heavy atom. The molecule has 0 aliphatic heterocycles. The van der Waals surface area contributed by atoms with E-state index in [2.05, 4.69) is 4.72 Å². The van der Waals surface area contributed by atoms with Crippen LogP contribution in [-0.4, -0.2) is 8.42 Å². The molecule has 0 fully saturated rings. The molecule has 1 heterocycles. The number of benzene rings is 1. The topological polar surface area (TPSA) is 59.3 Å². The Bertz CT molecular complexity index is 603. The van der Waals surface area contributed by atoms with E-state index in [1.165, 1.54) is 6.26 Å². The third-order valence-electron chi connectivity index (χ3n) is 2.49. The Morgan fingerprint density at radius 3 is 2.72 bits per heavy atom. The summed E-state index contributed by atoms with van der Waals surface area (Å²) >= 11 is 0. The Hall–Kier alpha value is -1.59. The van der Waals surface area contributed by atoms with Crippen LogP contribution in [0.5, 0.6) is 0 Å². The molecule has 0 bridgehead atoms. The maximum atomic E-state index is 11.9. The molecule has 0 saturated carbocycles. The lowest BCUT2D eigenvalue weighted by atomic mass is 10.2. The van der Waals surface area contributed by atoms with Crippen LogP contribution in [0.1, 0.15) is 16.9 Å². The lowest BCUT2D eigenvalue weighted by Gasteiger charge is -2.06. The average Bonchev–Trinajstić information content (AvgIpc) is 2.78. The molecule has 1 aromatic carbocycles. The summed E-state index contributed by atoms with van der Waals surface area (Å²) in [7, 11) is -3.34. The maximum Gasteiger partial charge on any atom is 0.216 e. The first-order valence-electron chi connectivity index (χ1n) is 5.60. The van der Waals surface area contributed by atoms with Crippen LogP contribution in [0.15, 0.2) is 47.1 Å². The van der Waals surface area contributed by atoms with E-state index in [0.29, 0.717) is 5.76 Å². The van der Waals surface area contributed by atoms with Crippen molar-refractivity contribution in [3.05, 3.63) is 59.5 Å². The summed E-state index contributed by atoms with van der Waals surface area (Å²) in [5, 5.41) is 0. The number of hydrogen-bond acceptors (Lipinski definition) is 3. The Labute approximate surface area is 107 Å². The molecule has 1 aromatic heterocycles. The van der Waals surface area contributed by atoms with Gasteiger partial charge in [-0.25, -0.2) is 13.1 Å². The normalized spacial score (nSPS) is 11.6. The number of rotatable bonds is 5. The van der Waals surface area contributed by atoms with Gasteiger partial charge < -0.3 is 4.42 Å². The number of sulfonamides is 1. The molecule has 0 atom stereocenters. The smallest absolute Gasteiger partial charge is 0.216 e. The van der Waals surface area contributed by atoms with E-state index in [-0.39, 0.29) is 12.3 Å². The van der Waals surface area contributed by atoms with Crippen LogP contribution in [0, 0.1) is 6.92 Å². The fraction of sp³-hybridized carbons (Fsp3) is 0.231. The quantitative estimate of drug-likeness (QED) is 0.901. The van der Waals surface area contributed by atoms with E-state index in [9.17, 15) is 8.42 Å². The van der Waals surface area contributed by atoms with Crippen LogP contribution in [0.2, 0.25) is 0 Å². The van der Waals surface area contributed by atoms with Crippen molar-refractivity contribution in [2.24, 2.45) is 0 Å². The Kier molecular flexibility index (Phi) is 3.84. The SMILES string of the molecule is Cc1cccc(CS(=O)(=O)NCc2ccco2)c1. The lowest BCUT2D eigenvalue weighted by molar-refractivity contribution is 0.498. The van der Waals surface area contributed by atoms with Gasteiger partial charge in [0.25, 0.3) is 0 Å². The predicted octanol–water partition coefficient (Wildman–Crippen LogP) is 2.21. The van der Waals surface area contributed by atoms with E-state index >= 15 is 0 Å². The summed E-state index contributed by atoms with van der Waals surface area (Å²) in [6, 6.07) is 10.9. The highest BCUT2D eigenvalue weighted by molar-refractivity contribution is 7.88. The molecule has 0 radical (unpaired) electrons. The molecular formula is C13H15NO3S. The van der Waals surface area contributed by atoms with Gasteiger partial charge in [0.1, 0.15) is 5.76 Å². The van der Waals surface area contributed by atoms with E-state index in [0.717, 1.165) is 11.1 Å². The molecule has 1 N–H and O–H groups in total. The van der Waals surface area contributed by atoms with Gasteiger partial charge in [0.05, 0.1) is 18.6 Å². The summed E-state index contributed by atoms with van der Waals surface area (Å²) in [5.41, 5.74) is 1.83. The van der Waals surface area contributed by atoms with Gasteiger partial charge in [-0.05, 0) is 24.6 Å². The molecular weight excluding hydrogens is 250 g/mol. The van der Waals surface area contributed by atoms with Crippen molar-refractivity contribution in [3.63, 3.8) is 0 Å². The molecule has 18 heavy (non-hydrogen) atoms. The van der Waals surface area contributed by atoms with Gasteiger partial charge >= 0.3 is 0 Å². The minimum atomic E-state index is -3.34. The van der Waals surface area contributed by atoms with Crippen LogP contribution in [0.3, 0.4) is 0 Å². The van der Waals surface area contributed by atoms with Crippen LogP contribution in [0.25, 0.3) is 0 Å². The first kappa shape index (κ1) is 12.9. The maximum absolute atomic E-state index is 11.9. The Balaban J connectivity index is 1.99. The molecule has 0 saturated heterocycles. The minimum absolute atomic E-state index is 0.0185. The first-order valence-corrected chi connectivity index (χ1v) is 7.26. The van der Waals surface area contributed by atoms with E-state index in [1.807, 2.05) is 25.1 Å². The molecule has 0 aliphatic rings. The van der Waals surface area contributed by atoms with Crippen molar-refractivity contribution in [1.29, 1.82) is 0 Å². The summed E-state index contributed by atoms with van der Waals surface area (Å²) < 4.78 is 31.3. The molecule has 5 heteroatoms. The number of aryl methyl sites for hydroxylation is 1. The largest absolute Gasteiger partial charge is 0.468 e. The zero-order chi connectivity index (χ0) is 13.0. The van der Waals surface area contributed by atoms with Crippen LogP contribution in [-0.2, 0) is 22.3 Å². The first-order chi connectivity index (χ1) is 8.55. The molecule has 2 aromatic rings. The van der Waals surface area contributed by atoms with Crippen molar-refractivity contribution in [2.75, 3.05) is 0 Å². The molecule has 96 valence electrons. The van der Waals surface area contributed by atoms with Crippen LogP contribution >= 0.6 is 0 Å². The van der Waals surface area contributed by atoms with Crippen molar-refractivity contribution in [1.82, 2.24) is 4.72 Å². The molecule has 0 unspecified atom stereocenters. The van der Waals surface area contributed by atoms with Crippen molar-refractivity contribution >= 4 is 10.0 Å². The van der Waals surface area contributed by atoms with Gasteiger partial charge in [-0.15, -0.1) is 0 Å². The van der Waals surface area contributed by atoms with Crippen LogP contribution < -0.4 is 4.72 Å². The Morgan fingerprint density at radius 1 is 1.22 bits per heavy atom. The van der Waals surface area contributed by atoms with E-state index < -0.39 is 10.0 Å². The predicted molar refractivity (Wildman–Crippen MR) is 69.4 cm³/mol. The second-order valence-corrected chi connectivity index (χ2v) is 5.96. The fourth-order valence-electron chi connectivity index (χ4n) is 1.67. The number of furan rings is 1.